The fraction of sp³-hybridized carbons (Fsp3) is 0.278. The van der Waals surface area contributed by atoms with Crippen molar-refractivity contribution in [3.8, 4) is 0 Å². The van der Waals surface area contributed by atoms with Gasteiger partial charge in [0.25, 0.3) is 5.56 Å². The number of hydrogen-bond acceptors (Lipinski definition) is 5. The number of carbonyl (C=O) groups is 1. The Morgan fingerprint density at radius 3 is 2.76 bits per heavy atom. The highest BCUT2D eigenvalue weighted by Gasteiger charge is 2.26. The maximum absolute atomic E-state index is 12.4. The molecule has 0 atom stereocenters. The van der Waals surface area contributed by atoms with E-state index in [1.807, 2.05) is 19.1 Å². The molecular weight excluding hydrogens is 318 g/mol. The third-order valence-corrected chi connectivity index (χ3v) is 4.22. The number of nitrogens with one attached hydrogen (secondary N) is 2. The van der Waals surface area contributed by atoms with Gasteiger partial charge in [0.2, 0.25) is 11.9 Å². The molecule has 0 radical (unpaired) electrons. The molecule has 2 N–H and O–H groups in total. The zero-order valence-corrected chi connectivity index (χ0v) is 13.7. The fourth-order valence-corrected chi connectivity index (χ4v) is 2.86. The van der Waals surface area contributed by atoms with E-state index in [0.29, 0.717) is 28.3 Å². The molecule has 2 heterocycles. The largest absolute Gasteiger partial charge is 0.294 e. The van der Waals surface area contributed by atoms with Crippen molar-refractivity contribution in [2.24, 2.45) is 0 Å². The molecule has 1 saturated carbocycles. The normalized spacial score (nSPS) is 13.8. The van der Waals surface area contributed by atoms with E-state index in [9.17, 15) is 9.59 Å². The van der Waals surface area contributed by atoms with Crippen molar-refractivity contribution in [2.75, 3.05) is 5.32 Å². The van der Waals surface area contributed by atoms with Crippen LogP contribution in [0.5, 0.6) is 0 Å². The van der Waals surface area contributed by atoms with Crippen LogP contribution in [0.3, 0.4) is 0 Å². The first kappa shape index (κ1) is 15.4. The molecule has 2 aromatic heterocycles. The van der Waals surface area contributed by atoms with Crippen molar-refractivity contribution in [3.05, 3.63) is 57.8 Å². The van der Waals surface area contributed by atoms with Crippen LogP contribution in [0.2, 0.25) is 0 Å². The van der Waals surface area contributed by atoms with Gasteiger partial charge in [-0.3, -0.25) is 14.9 Å². The second kappa shape index (κ2) is 6.08. The van der Waals surface area contributed by atoms with Crippen molar-refractivity contribution in [2.45, 2.75) is 32.1 Å². The van der Waals surface area contributed by atoms with Gasteiger partial charge >= 0.3 is 0 Å². The molecule has 1 fully saturated rings. The number of rotatable bonds is 4. The minimum absolute atomic E-state index is 0.0351. The van der Waals surface area contributed by atoms with Crippen LogP contribution in [0.25, 0.3) is 10.8 Å². The highest BCUT2D eigenvalue weighted by atomic mass is 16.1. The molecule has 1 aliphatic rings. The van der Waals surface area contributed by atoms with Gasteiger partial charge in [-0.05, 0) is 31.9 Å². The lowest BCUT2D eigenvalue weighted by atomic mass is 10.1. The molecule has 0 bridgehead atoms. The monoisotopic (exact) mass is 335 g/mol. The van der Waals surface area contributed by atoms with Gasteiger partial charge in [0.1, 0.15) is 0 Å². The van der Waals surface area contributed by atoms with E-state index in [2.05, 4.69) is 25.5 Å². The van der Waals surface area contributed by atoms with Crippen LogP contribution in [0.1, 0.15) is 35.8 Å². The van der Waals surface area contributed by atoms with Crippen LogP contribution in [-0.2, 0) is 11.2 Å². The average Bonchev–Trinajstić information content (AvgIpc) is 3.42. The second-order valence-corrected chi connectivity index (χ2v) is 6.30. The van der Waals surface area contributed by atoms with Crippen LogP contribution >= 0.6 is 0 Å². The Labute approximate surface area is 143 Å². The number of aryl methyl sites for hydroxylation is 1. The summed E-state index contributed by atoms with van der Waals surface area (Å²) in [5.41, 5.74) is 2.06. The van der Waals surface area contributed by atoms with Crippen molar-refractivity contribution >= 4 is 22.6 Å². The molecule has 7 heteroatoms. The molecule has 126 valence electrons. The van der Waals surface area contributed by atoms with E-state index in [1.54, 1.807) is 18.2 Å². The third-order valence-electron chi connectivity index (χ3n) is 4.22. The number of nitrogens with zero attached hydrogens (tertiary/aromatic N) is 3. The van der Waals surface area contributed by atoms with Crippen molar-refractivity contribution in [1.82, 2.24) is 20.2 Å². The van der Waals surface area contributed by atoms with E-state index in [0.717, 1.165) is 24.2 Å². The van der Waals surface area contributed by atoms with E-state index in [1.165, 1.54) is 0 Å². The molecule has 1 amide bonds. The molecule has 25 heavy (non-hydrogen) atoms. The van der Waals surface area contributed by atoms with Crippen LogP contribution in [-0.4, -0.2) is 26.1 Å². The van der Waals surface area contributed by atoms with Gasteiger partial charge < -0.3 is 0 Å². The molecule has 3 aromatic rings. The Morgan fingerprint density at radius 2 is 2.00 bits per heavy atom. The summed E-state index contributed by atoms with van der Waals surface area (Å²) in [7, 11) is 0. The first-order valence-corrected chi connectivity index (χ1v) is 8.22. The van der Waals surface area contributed by atoms with Crippen LogP contribution in [0, 0.1) is 6.92 Å². The number of hydrogen-bond donors (Lipinski definition) is 2. The molecular formula is C18H17N5O2. The van der Waals surface area contributed by atoms with Gasteiger partial charge in [0.05, 0.1) is 17.5 Å². The minimum atomic E-state index is -0.268. The number of fused-ring (bicyclic) bond motifs is 1. The maximum Gasteiger partial charge on any atom is 0.272 e. The van der Waals surface area contributed by atoms with E-state index in [-0.39, 0.29) is 17.9 Å². The molecule has 1 aliphatic carbocycles. The van der Waals surface area contributed by atoms with Crippen LogP contribution in [0.15, 0.2) is 35.1 Å². The highest BCUT2D eigenvalue weighted by Crippen LogP contribution is 2.39. The Balaban J connectivity index is 1.57. The van der Waals surface area contributed by atoms with Gasteiger partial charge in [-0.1, -0.05) is 18.2 Å². The summed E-state index contributed by atoms with van der Waals surface area (Å²) in [6, 6.07) is 9.06. The summed E-state index contributed by atoms with van der Waals surface area (Å²) in [6.45, 7) is 1.89. The Kier molecular flexibility index (Phi) is 3.76. The predicted octanol–water partition coefficient (Wildman–Crippen LogP) is 2.08. The van der Waals surface area contributed by atoms with Gasteiger partial charge in [-0.2, -0.15) is 5.10 Å². The maximum atomic E-state index is 12.4. The summed E-state index contributed by atoms with van der Waals surface area (Å²) in [6.07, 6.45) is 2.31. The molecule has 4 rings (SSSR count). The predicted molar refractivity (Wildman–Crippen MR) is 93.4 cm³/mol. The van der Waals surface area contributed by atoms with E-state index in [4.69, 9.17) is 0 Å². The lowest BCUT2D eigenvalue weighted by Gasteiger charge is -2.08. The summed E-state index contributed by atoms with van der Waals surface area (Å²) in [4.78, 5) is 32.9. The summed E-state index contributed by atoms with van der Waals surface area (Å²) in [5.74, 6) is 0.542. The fourth-order valence-electron chi connectivity index (χ4n) is 2.86. The average molecular weight is 335 g/mol. The molecule has 7 nitrogen and oxygen atoms in total. The smallest absolute Gasteiger partial charge is 0.272 e. The lowest BCUT2D eigenvalue weighted by Crippen LogP contribution is -2.20. The SMILES string of the molecule is Cc1cc(C2CC2)nc(NC(=O)Cc2n[nH]c(=O)c3ccccc23)n1. The van der Waals surface area contributed by atoms with Gasteiger partial charge in [0, 0.05) is 22.7 Å². The zero-order chi connectivity index (χ0) is 17.4. The Bertz CT molecular complexity index is 1020. The Hall–Kier alpha value is -3.09. The highest BCUT2D eigenvalue weighted by molar-refractivity contribution is 5.94. The van der Waals surface area contributed by atoms with Crippen molar-refractivity contribution < 1.29 is 4.79 Å². The number of benzene rings is 1. The molecule has 0 spiro atoms. The third kappa shape index (κ3) is 3.26. The first-order valence-electron chi connectivity index (χ1n) is 8.22. The summed E-state index contributed by atoms with van der Waals surface area (Å²) < 4.78 is 0. The van der Waals surface area contributed by atoms with E-state index >= 15 is 0 Å². The number of aromatic amines is 1. The lowest BCUT2D eigenvalue weighted by molar-refractivity contribution is -0.115. The van der Waals surface area contributed by atoms with E-state index < -0.39 is 0 Å². The van der Waals surface area contributed by atoms with Gasteiger partial charge in [0.15, 0.2) is 0 Å². The van der Waals surface area contributed by atoms with Gasteiger partial charge in [-0.25, -0.2) is 15.1 Å². The quantitative estimate of drug-likeness (QED) is 0.760. The number of amides is 1. The van der Waals surface area contributed by atoms with Crippen molar-refractivity contribution in [1.29, 1.82) is 0 Å². The number of H-pyrrole nitrogens is 1. The molecule has 0 aliphatic heterocycles. The topological polar surface area (TPSA) is 101 Å². The molecule has 1 aromatic carbocycles. The number of anilines is 1. The van der Waals surface area contributed by atoms with Gasteiger partial charge in [-0.15, -0.1) is 0 Å². The first-order chi connectivity index (χ1) is 12.1. The van der Waals surface area contributed by atoms with Crippen molar-refractivity contribution in [3.63, 3.8) is 0 Å². The zero-order valence-electron chi connectivity index (χ0n) is 13.7. The Morgan fingerprint density at radius 1 is 1.24 bits per heavy atom. The standard InChI is InChI=1S/C18H17N5O2/c1-10-8-14(11-6-7-11)20-18(19-10)21-16(24)9-15-12-4-2-3-5-13(12)17(25)23-22-15/h2-5,8,11H,6-7,9H2,1H3,(H,23,25)(H,19,20,21,24). The summed E-state index contributed by atoms with van der Waals surface area (Å²) in [5, 5.41) is 10.4. The van der Waals surface area contributed by atoms with Crippen LogP contribution < -0.4 is 10.9 Å². The molecule has 0 saturated heterocycles. The second-order valence-electron chi connectivity index (χ2n) is 6.30. The van der Waals surface area contributed by atoms with Crippen LogP contribution in [0.4, 0.5) is 5.95 Å². The number of carbonyl (C=O) groups excluding carboxylic acids is 1. The summed E-state index contributed by atoms with van der Waals surface area (Å²) >= 11 is 0. The molecule has 0 unspecified atom stereocenters. The minimum Gasteiger partial charge on any atom is -0.294 e. The number of aromatic nitrogens is 4.